The highest BCUT2D eigenvalue weighted by Crippen LogP contribution is 2.13. The molecule has 0 amide bonds. The lowest BCUT2D eigenvalue weighted by Gasteiger charge is -2.10. The van der Waals surface area contributed by atoms with E-state index in [-0.39, 0.29) is 7.43 Å². The van der Waals surface area contributed by atoms with E-state index in [4.69, 9.17) is 19.1 Å². The fourth-order valence-corrected chi connectivity index (χ4v) is 6.38. The van der Waals surface area contributed by atoms with E-state index < -0.39 is 0 Å². The van der Waals surface area contributed by atoms with E-state index in [0.29, 0.717) is 6.61 Å². The standard InChI is InChI=1S/C41H79NO2.C5H13NS.2CH2O.CH4/c1-4-6-8-10-12-14-16-18-20-22-24-26-28-30-32-34-38-43-39-36-42-37-40-44-41(3)35-33-31-29-27-25-23-21-19-17-15-13-11-9-7-5-2;1-6(2)4-5-7-3;2*1-2;/h18-21,42H,3-17,22-40H2,1-2H3;4-5H2,1-3H3;2*1H2;1H4/b20-18-,21-19-;;;;. The van der Waals surface area contributed by atoms with Gasteiger partial charge in [-0.2, -0.15) is 11.8 Å². The first-order valence-electron chi connectivity index (χ1n) is 22.7. The molecule has 1 N–H and O–H groups in total. The Balaban J connectivity index is -0.000000636. The van der Waals surface area contributed by atoms with Crippen LogP contribution in [0.2, 0.25) is 0 Å². The van der Waals surface area contributed by atoms with Gasteiger partial charge in [-0.1, -0.05) is 161 Å². The Hall–Kier alpha value is -1.41. The zero-order valence-corrected chi connectivity index (χ0v) is 38.5. The lowest BCUT2D eigenvalue weighted by molar-refractivity contribution is -0.0987. The highest BCUT2D eigenvalue weighted by atomic mass is 32.2. The van der Waals surface area contributed by atoms with Crippen LogP contribution >= 0.6 is 11.8 Å². The summed E-state index contributed by atoms with van der Waals surface area (Å²) in [5, 5.41) is 3.42. The number of allylic oxidation sites excluding steroid dienone is 5. The first kappa shape index (κ1) is 63.8. The highest BCUT2D eigenvalue weighted by Gasteiger charge is 1.98. The number of unbranched alkanes of at least 4 members (excludes halogenated alkanes) is 23. The Morgan fingerprint density at radius 1 is 0.554 bits per heavy atom. The summed E-state index contributed by atoms with van der Waals surface area (Å²) < 4.78 is 11.6. The van der Waals surface area contributed by atoms with Crippen molar-refractivity contribution in [2.75, 3.05) is 65.6 Å². The molecule has 0 aliphatic heterocycles. The van der Waals surface area contributed by atoms with Crippen molar-refractivity contribution in [3.8, 4) is 0 Å². The van der Waals surface area contributed by atoms with Gasteiger partial charge in [0.25, 0.3) is 0 Å². The van der Waals surface area contributed by atoms with Crippen LogP contribution in [0, 0.1) is 0 Å². The molecule has 0 aliphatic carbocycles. The van der Waals surface area contributed by atoms with Crippen molar-refractivity contribution in [3.63, 3.8) is 0 Å². The van der Waals surface area contributed by atoms with E-state index in [0.717, 1.165) is 38.5 Å². The normalized spacial score (nSPS) is 10.7. The first-order chi connectivity index (χ1) is 27.1. The molecule has 0 saturated heterocycles. The second kappa shape index (κ2) is 65.4. The third-order valence-corrected chi connectivity index (χ3v) is 9.86. The average molecular weight is 813 g/mol. The van der Waals surface area contributed by atoms with Crippen molar-refractivity contribution in [1.29, 1.82) is 0 Å². The van der Waals surface area contributed by atoms with Gasteiger partial charge >= 0.3 is 0 Å². The fraction of sp³-hybridized carbons (Fsp3) is 0.837. The molecule has 0 aliphatic rings. The molecule has 0 aromatic rings. The number of hydrogen-bond donors (Lipinski definition) is 1. The lowest BCUT2D eigenvalue weighted by atomic mass is 10.1. The van der Waals surface area contributed by atoms with E-state index in [9.17, 15) is 0 Å². The number of nitrogens with one attached hydrogen (secondary N) is 1. The van der Waals surface area contributed by atoms with Crippen molar-refractivity contribution < 1.29 is 19.1 Å². The topological polar surface area (TPSA) is 67.9 Å². The molecule has 7 heteroatoms. The number of carbonyl (C=O) groups excluding carboxylic acids is 2. The Bertz CT molecular complexity index is 733. The zero-order valence-electron chi connectivity index (χ0n) is 37.7. The molecule has 0 radical (unpaired) electrons. The van der Waals surface area contributed by atoms with Crippen molar-refractivity contribution >= 4 is 25.3 Å². The van der Waals surface area contributed by atoms with Crippen LogP contribution in [0.5, 0.6) is 0 Å². The summed E-state index contributed by atoms with van der Waals surface area (Å²) in [6, 6.07) is 0. The number of rotatable bonds is 41. The monoisotopic (exact) mass is 813 g/mol. The third-order valence-electron chi connectivity index (χ3n) is 9.27. The molecule has 336 valence electrons. The maximum atomic E-state index is 8.00. The van der Waals surface area contributed by atoms with Crippen molar-refractivity contribution in [2.24, 2.45) is 0 Å². The molecule has 0 aromatic heterocycles. The van der Waals surface area contributed by atoms with Crippen LogP contribution in [0.1, 0.15) is 201 Å². The van der Waals surface area contributed by atoms with Crippen LogP contribution in [-0.2, 0) is 19.1 Å². The van der Waals surface area contributed by atoms with Gasteiger partial charge in [-0.3, -0.25) is 0 Å². The molecule has 0 spiro atoms. The summed E-state index contributed by atoms with van der Waals surface area (Å²) in [6.45, 7) is 18.0. The Morgan fingerprint density at radius 3 is 1.32 bits per heavy atom. The quantitative estimate of drug-likeness (QED) is 0.0375. The summed E-state index contributed by atoms with van der Waals surface area (Å²) in [5.41, 5.74) is 0. The van der Waals surface area contributed by atoms with E-state index in [2.05, 4.69) is 75.3 Å². The molecule has 6 nitrogen and oxygen atoms in total. The number of ether oxygens (including phenoxy) is 2. The van der Waals surface area contributed by atoms with Crippen molar-refractivity contribution in [3.05, 3.63) is 36.6 Å². The third kappa shape index (κ3) is 70.4. The van der Waals surface area contributed by atoms with Gasteiger partial charge in [-0.15, -0.1) is 0 Å². The molecular formula is C49H100N2O4S. The number of hydrogen-bond acceptors (Lipinski definition) is 7. The molecule has 0 rings (SSSR count). The zero-order chi connectivity index (χ0) is 41.6. The van der Waals surface area contributed by atoms with Gasteiger partial charge in [-0.25, -0.2) is 0 Å². The molecule has 0 bridgehead atoms. The van der Waals surface area contributed by atoms with Gasteiger partial charge in [0.2, 0.25) is 0 Å². The summed E-state index contributed by atoms with van der Waals surface area (Å²) in [6.07, 6.45) is 49.0. The van der Waals surface area contributed by atoms with Crippen LogP contribution in [0.25, 0.3) is 0 Å². The van der Waals surface area contributed by atoms with E-state index in [1.807, 2.05) is 25.3 Å². The summed E-state index contributed by atoms with van der Waals surface area (Å²) in [4.78, 5) is 18.2. The number of thioether (sulfide) groups is 1. The largest absolute Gasteiger partial charge is 0.497 e. The summed E-state index contributed by atoms with van der Waals surface area (Å²) in [5.74, 6) is 2.19. The minimum atomic E-state index is 0. The maximum absolute atomic E-state index is 8.00. The van der Waals surface area contributed by atoms with Crippen LogP contribution in [0.15, 0.2) is 36.6 Å². The van der Waals surface area contributed by atoms with Crippen LogP contribution in [0.3, 0.4) is 0 Å². The molecule has 0 atom stereocenters. The first-order valence-corrected chi connectivity index (χ1v) is 24.1. The predicted octanol–water partition coefficient (Wildman–Crippen LogP) is 14.4. The van der Waals surface area contributed by atoms with Gasteiger partial charge in [0.05, 0.1) is 12.4 Å². The SMILES string of the molecule is C.C=C(CCCCCCC/C=C\CCCCCCCC)OCCNCCOCCCCCCCC/C=C\CCCCCCCC.C=O.C=O.CSCCN(C)C. The molecule has 0 unspecified atom stereocenters. The summed E-state index contributed by atoms with van der Waals surface area (Å²) in [7, 11) is 4.19. The van der Waals surface area contributed by atoms with Gasteiger partial charge in [-0.05, 0) is 84.6 Å². The Kier molecular flexibility index (Phi) is 74.5. The molecule has 0 fully saturated rings. The minimum absolute atomic E-state index is 0. The molecule has 0 aromatic carbocycles. The summed E-state index contributed by atoms with van der Waals surface area (Å²) >= 11 is 1.89. The average Bonchev–Trinajstić information content (AvgIpc) is 3.20. The van der Waals surface area contributed by atoms with Crippen molar-refractivity contribution in [1.82, 2.24) is 10.2 Å². The number of nitrogens with zero attached hydrogens (tertiary/aromatic N) is 1. The van der Waals surface area contributed by atoms with E-state index >= 15 is 0 Å². The van der Waals surface area contributed by atoms with Crippen molar-refractivity contribution in [2.45, 2.75) is 201 Å². The van der Waals surface area contributed by atoms with Gasteiger partial charge in [0.15, 0.2) is 0 Å². The van der Waals surface area contributed by atoms with Gasteiger partial charge < -0.3 is 29.3 Å². The van der Waals surface area contributed by atoms with Gasteiger partial charge in [0, 0.05) is 38.4 Å². The van der Waals surface area contributed by atoms with E-state index in [1.165, 1.54) is 186 Å². The second-order valence-electron chi connectivity index (χ2n) is 14.8. The number of carbonyl (C=O) groups is 2. The van der Waals surface area contributed by atoms with Crippen LogP contribution in [0.4, 0.5) is 0 Å². The smallest absolute Gasteiger partial charge is 0.106 e. The Labute approximate surface area is 356 Å². The molecular weight excluding hydrogens is 713 g/mol. The van der Waals surface area contributed by atoms with Gasteiger partial charge in [0.1, 0.15) is 20.2 Å². The fourth-order valence-electron chi connectivity index (χ4n) is 5.83. The molecule has 0 saturated carbocycles. The Morgan fingerprint density at radius 2 is 0.929 bits per heavy atom. The lowest BCUT2D eigenvalue weighted by Crippen LogP contribution is -2.24. The predicted molar refractivity (Wildman–Crippen MR) is 256 cm³/mol. The molecule has 56 heavy (non-hydrogen) atoms. The molecule has 0 heterocycles. The van der Waals surface area contributed by atoms with E-state index in [1.54, 1.807) is 0 Å². The van der Waals surface area contributed by atoms with Crippen LogP contribution < -0.4 is 5.32 Å². The van der Waals surface area contributed by atoms with Crippen LogP contribution in [-0.4, -0.2) is 84.0 Å². The maximum Gasteiger partial charge on any atom is 0.106 e. The highest BCUT2D eigenvalue weighted by molar-refractivity contribution is 7.98. The second-order valence-corrected chi connectivity index (χ2v) is 15.8. The minimum Gasteiger partial charge on any atom is -0.497 e.